The summed E-state index contributed by atoms with van der Waals surface area (Å²) in [5, 5.41) is 13.8. The molecule has 0 spiro atoms. The van der Waals surface area contributed by atoms with Gasteiger partial charge in [-0.15, -0.1) is 0 Å². The molecule has 0 radical (unpaired) electrons. The fraction of sp³-hybridized carbons (Fsp3) is 0.308. The van der Waals surface area contributed by atoms with Crippen molar-refractivity contribution in [2.45, 2.75) is 12.2 Å². The molecule has 4 nitrogen and oxygen atoms in total. The number of nitrogens with one attached hydrogen (secondary N) is 1. The Morgan fingerprint density at radius 3 is 3.00 bits per heavy atom. The van der Waals surface area contributed by atoms with Crippen molar-refractivity contribution < 1.29 is 9.84 Å². The van der Waals surface area contributed by atoms with Crippen LogP contribution in [0.4, 0.5) is 0 Å². The van der Waals surface area contributed by atoms with E-state index in [1.54, 1.807) is 6.20 Å². The van der Waals surface area contributed by atoms with Crippen molar-refractivity contribution in [2.75, 3.05) is 13.1 Å². The fourth-order valence-corrected chi connectivity index (χ4v) is 2.10. The van der Waals surface area contributed by atoms with E-state index in [0.717, 1.165) is 16.7 Å². The van der Waals surface area contributed by atoms with Gasteiger partial charge in [-0.2, -0.15) is 0 Å². The highest BCUT2D eigenvalue weighted by molar-refractivity contribution is 5.84. The van der Waals surface area contributed by atoms with Crippen LogP contribution in [0.15, 0.2) is 36.5 Å². The van der Waals surface area contributed by atoms with E-state index in [9.17, 15) is 5.11 Å². The van der Waals surface area contributed by atoms with Crippen molar-refractivity contribution in [1.82, 2.24) is 10.3 Å². The minimum atomic E-state index is -0.443. The summed E-state index contributed by atoms with van der Waals surface area (Å²) in [6, 6.07) is 9.64. The maximum atomic E-state index is 9.72. The van der Waals surface area contributed by atoms with Crippen molar-refractivity contribution in [3.05, 3.63) is 36.5 Å². The molecule has 2 unspecified atom stereocenters. The summed E-state index contributed by atoms with van der Waals surface area (Å²) in [6.45, 7) is 1.27. The molecule has 2 heterocycles. The Balaban J connectivity index is 1.94. The lowest BCUT2D eigenvalue weighted by Crippen LogP contribution is -2.29. The molecular formula is C13H14N2O2. The van der Waals surface area contributed by atoms with Crippen LogP contribution in [0.2, 0.25) is 0 Å². The van der Waals surface area contributed by atoms with Crippen molar-refractivity contribution >= 4 is 10.9 Å². The molecule has 1 aliphatic heterocycles. The van der Waals surface area contributed by atoms with Gasteiger partial charge in [0.15, 0.2) is 0 Å². The Hall–Kier alpha value is -1.65. The number of aromatic nitrogens is 1. The molecule has 0 amide bonds. The summed E-state index contributed by atoms with van der Waals surface area (Å²) < 4.78 is 5.85. The summed E-state index contributed by atoms with van der Waals surface area (Å²) in [7, 11) is 0. The molecule has 4 heteroatoms. The smallest absolute Gasteiger partial charge is 0.138 e. The first-order chi connectivity index (χ1) is 8.34. The number of fused-ring (bicyclic) bond motifs is 1. The Morgan fingerprint density at radius 1 is 1.24 bits per heavy atom. The second-order valence-electron chi connectivity index (χ2n) is 4.21. The van der Waals surface area contributed by atoms with E-state index in [4.69, 9.17) is 4.74 Å². The summed E-state index contributed by atoms with van der Waals surface area (Å²) in [5.41, 5.74) is 0.908. The summed E-state index contributed by atoms with van der Waals surface area (Å²) in [5.74, 6) is 0.781. The van der Waals surface area contributed by atoms with Gasteiger partial charge in [0.2, 0.25) is 0 Å². The van der Waals surface area contributed by atoms with Crippen molar-refractivity contribution in [3.8, 4) is 5.75 Å². The van der Waals surface area contributed by atoms with Crippen LogP contribution in [0.1, 0.15) is 0 Å². The first-order valence-electron chi connectivity index (χ1n) is 5.74. The second-order valence-corrected chi connectivity index (χ2v) is 4.21. The van der Waals surface area contributed by atoms with Gasteiger partial charge in [-0.05, 0) is 24.3 Å². The first kappa shape index (κ1) is 10.5. The number of benzene rings is 1. The summed E-state index contributed by atoms with van der Waals surface area (Å²) in [6.07, 6.45) is 1.14. The number of hydrogen-bond acceptors (Lipinski definition) is 4. The lowest BCUT2D eigenvalue weighted by molar-refractivity contribution is 0.0748. The molecule has 1 fully saturated rings. The van der Waals surface area contributed by atoms with E-state index in [1.807, 2.05) is 30.3 Å². The number of rotatable bonds is 2. The molecule has 1 saturated heterocycles. The quantitative estimate of drug-likeness (QED) is 0.806. The molecule has 88 valence electrons. The molecule has 2 aromatic rings. The van der Waals surface area contributed by atoms with Gasteiger partial charge in [0.05, 0.1) is 5.52 Å². The third kappa shape index (κ3) is 1.97. The second kappa shape index (κ2) is 4.31. The van der Waals surface area contributed by atoms with Gasteiger partial charge in [0.1, 0.15) is 18.0 Å². The number of nitrogens with zero attached hydrogens (tertiary/aromatic N) is 1. The average molecular weight is 230 g/mol. The largest absolute Gasteiger partial charge is 0.486 e. The minimum absolute atomic E-state index is 0.180. The highest BCUT2D eigenvalue weighted by Gasteiger charge is 2.26. The highest BCUT2D eigenvalue weighted by atomic mass is 16.5. The van der Waals surface area contributed by atoms with Gasteiger partial charge in [-0.3, -0.25) is 4.98 Å². The standard InChI is InChI=1S/C13H14N2O2/c16-11-7-14-8-13(11)17-12-5-1-4-10-9(12)3-2-6-15-10/h1-6,11,13-14,16H,7-8H2. The molecule has 0 saturated carbocycles. The van der Waals surface area contributed by atoms with Crippen LogP contribution in [-0.4, -0.2) is 35.4 Å². The molecular weight excluding hydrogens is 216 g/mol. The van der Waals surface area contributed by atoms with Crippen LogP contribution >= 0.6 is 0 Å². The molecule has 3 rings (SSSR count). The van der Waals surface area contributed by atoms with Crippen LogP contribution in [0, 0.1) is 0 Å². The number of β-amino-alcohol motifs (C(OH)–C–C–N with tert-alkyl or cyclic N) is 1. The molecule has 0 aliphatic carbocycles. The Labute approximate surface area is 99.2 Å². The minimum Gasteiger partial charge on any atom is -0.486 e. The Bertz CT molecular complexity index is 524. The van der Waals surface area contributed by atoms with E-state index < -0.39 is 6.10 Å². The van der Waals surface area contributed by atoms with Gasteiger partial charge in [-0.25, -0.2) is 0 Å². The molecule has 2 atom stereocenters. The van der Waals surface area contributed by atoms with Crippen LogP contribution < -0.4 is 10.1 Å². The van der Waals surface area contributed by atoms with Gasteiger partial charge in [0.25, 0.3) is 0 Å². The SMILES string of the molecule is OC1CNCC1Oc1cccc2ncccc12. The Kier molecular flexibility index (Phi) is 2.66. The zero-order valence-electron chi connectivity index (χ0n) is 9.34. The molecule has 1 aliphatic rings. The van der Waals surface area contributed by atoms with Gasteiger partial charge in [-0.1, -0.05) is 6.07 Å². The van der Waals surface area contributed by atoms with Crippen LogP contribution in [0.5, 0.6) is 5.75 Å². The van der Waals surface area contributed by atoms with E-state index in [1.165, 1.54) is 0 Å². The third-order valence-corrected chi connectivity index (χ3v) is 3.01. The van der Waals surface area contributed by atoms with Gasteiger partial charge < -0.3 is 15.2 Å². The first-order valence-corrected chi connectivity index (χ1v) is 5.74. The lowest BCUT2D eigenvalue weighted by Gasteiger charge is -2.17. The Morgan fingerprint density at radius 2 is 2.18 bits per heavy atom. The maximum absolute atomic E-state index is 9.72. The predicted octanol–water partition coefficient (Wildman–Crippen LogP) is 0.946. The van der Waals surface area contributed by atoms with Gasteiger partial charge >= 0.3 is 0 Å². The summed E-state index contributed by atoms with van der Waals surface area (Å²) in [4.78, 5) is 4.28. The van der Waals surface area contributed by atoms with Crippen LogP contribution in [0.3, 0.4) is 0 Å². The lowest BCUT2D eigenvalue weighted by atomic mass is 10.2. The van der Waals surface area contributed by atoms with Crippen molar-refractivity contribution in [3.63, 3.8) is 0 Å². The average Bonchev–Trinajstić information content (AvgIpc) is 2.76. The number of pyridine rings is 1. The van der Waals surface area contributed by atoms with Gasteiger partial charge in [0, 0.05) is 24.7 Å². The zero-order valence-corrected chi connectivity index (χ0v) is 9.34. The monoisotopic (exact) mass is 230 g/mol. The van der Waals surface area contributed by atoms with E-state index in [0.29, 0.717) is 13.1 Å². The van der Waals surface area contributed by atoms with Crippen molar-refractivity contribution in [2.24, 2.45) is 0 Å². The normalized spacial score (nSPS) is 24.1. The molecule has 1 aromatic heterocycles. The highest BCUT2D eigenvalue weighted by Crippen LogP contribution is 2.25. The predicted molar refractivity (Wildman–Crippen MR) is 65.0 cm³/mol. The molecule has 1 aromatic carbocycles. The molecule has 2 N–H and O–H groups in total. The fourth-order valence-electron chi connectivity index (χ4n) is 2.10. The third-order valence-electron chi connectivity index (χ3n) is 3.01. The van der Waals surface area contributed by atoms with E-state index in [2.05, 4.69) is 10.3 Å². The maximum Gasteiger partial charge on any atom is 0.138 e. The van der Waals surface area contributed by atoms with E-state index in [-0.39, 0.29) is 6.10 Å². The van der Waals surface area contributed by atoms with E-state index >= 15 is 0 Å². The van der Waals surface area contributed by atoms with Crippen LogP contribution in [0.25, 0.3) is 10.9 Å². The number of hydrogen-bond donors (Lipinski definition) is 2. The summed E-state index contributed by atoms with van der Waals surface area (Å²) >= 11 is 0. The molecule has 17 heavy (non-hydrogen) atoms. The topological polar surface area (TPSA) is 54.4 Å². The zero-order chi connectivity index (χ0) is 11.7. The number of aliphatic hydroxyl groups is 1. The molecule has 0 bridgehead atoms. The number of aliphatic hydroxyl groups excluding tert-OH is 1. The number of ether oxygens (including phenoxy) is 1. The van der Waals surface area contributed by atoms with Crippen molar-refractivity contribution in [1.29, 1.82) is 0 Å². The van der Waals surface area contributed by atoms with Crippen LogP contribution in [-0.2, 0) is 0 Å².